The SMILES string of the molecule is CN1C[C@H](OCCOCCOCCOCCOc2ccc3c(c2)C(=O)N(C2CCC(=O)NC2=O)C3=O)C[C@H]1COc1nc2c(c(N3CCN(C(N)=O)[C@@H](CC#N)C3)n1)CCN(c1cccc3ccccc13)C2. The lowest BCUT2D eigenvalue weighted by Gasteiger charge is -2.41. The molecule has 1 aromatic heterocycles. The molecule has 72 heavy (non-hydrogen) atoms. The summed E-state index contributed by atoms with van der Waals surface area (Å²) in [5, 5.41) is 14.1. The lowest BCUT2D eigenvalue weighted by atomic mass is 10.0. The largest absolute Gasteiger partial charge is 0.491 e. The van der Waals surface area contributed by atoms with Gasteiger partial charge in [-0.15, -0.1) is 0 Å². The van der Waals surface area contributed by atoms with E-state index in [9.17, 15) is 29.2 Å². The van der Waals surface area contributed by atoms with Gasteiger partial charge in [0.05, 0.1) is 94.2 Å². The highest BCUT2D eigenvalue weighted by molar-refractivity contribution is 6.23. The maximum atomic E-state index is 13.1. The second-order valence-electron chi connectivity index (χ2n) is 18.4. The first-order valence-electron chi connectivity index (χ1n) is 24.5. The molecule has 3 fully saturated rings. The van der Waals surface area contributed by atoms with Gasteiger partial charge >= 0.3 is 12.0 Å². The molecule has 6 amide bonds. The van der Waals surface area contributed by atoms with E-state index in [2.05, 4.69) is 69.5 Å². The minimum atomic E-state index is -1.03. The van der Waals surface area contributed by atoms with Crippen molar-refractivity contribution in [2.75, 3.05) is 109 Å². The highest BCUT2D eigenvalue weighted by Crippen LogP contribution is 2.36. The average Bonchev–Trinajstić information content (AvgIpc) is 3.86. The molecular formula is C51H60N10O11. The Morgan fingerprint density at radius 3 is 2.33 bits per heavy atom. The van der Waals surface area contributed by atoms with Crippen LogP contribution in [-0.4, -0.2) is 178 Å². The van der Waals surface area contributed by atoms with Crippen molar-refractivity contribution in [2.45, 2.75) is 62.9 Å². The molecule has 3 N–H and O–H groups in total. The molecule has 4 atom stereocenters. The summed E-state index contributed by atoms with van der Waals surface area (Å²) in [5.74, 6) is -1.09. The summed E-state index contributed by atoms with van der Waals surface area (Å²) in [6.07, 6.45) is 1.79. The van der Waals surface area contributed by atoms with E-state index in [1.165, 1.54) is 22.9 Å². The molecule has 1 unspecified atom stereocenters. The Balaban J connectivity index is 0.679. The van der Waals surface area contributed by atoms with Gasteiger partial charge in [-0.2, -0.15) is 15.2 Å². The van der Waals surface area contributed by atoms with Crippen LogP contribution < -0.4 is 30.3 Å². The summed E-state index contributed by atoms with van der Waals surface area (Å²) in [7, 11) is 2.05. The number of hydrogen-bond acceptors (Lipinski definition) is 17. The molecule has 21 nitrogen and oxygen atoms in total. The fourth-order valence-electron chi connectivity index (χ4n) is 10.1. The minimum Gasteiger partial charge on any atom is -0.491 e. The molecule has 21 heteroatoms. The number of nitrogens with zero attached hydrogens (tertiary/aromatic N) is 8. The number of urea groups is 1. The number of nitriles is 1. The Morgan fingerprint density at radius 1 is 0.806 bits per heavy atom. The van der Waals surface area contributed by atoms with Gasteiger partial charge in [-0.3, -0.25) is 34.3 Å². The number of benzene rings is 3. The molecule has 0 aliphatic carbocycles. The lowest BCUT2D eigenvalue weighted by Crippen LogP contribution is -2.57. The number of nitrogens with one attached hydrogen (secondary N) is 1. The van der Waals surface area contributed by atoms with Crippen LogP contribution in [0.1, 0.15) is 57.7 Å². The Kier molecular flexibility index (Phi) is 16.0. The second-order valence-corrected chi connectivity index (χ2v) is 18.4. The number of anilines is 2. The van der Waals surface area contributed by atoms with Gasteiger partial charge < -0.3 is 48.9 Å². The monoisotopic (exact) mass is 988 g/mol. The molecule has 0 radical (unpaired) electrons. The van der Waals surface area contributed by atoms with Crippen LogP contribution in [0.15, 0.2) is 60.7 Å². The van der Waals surface area contributed by atoms with Crippen LogP contribution in [0.3, 0.4) is 0 Å². The third-order valence-corrected chi connectivity index (χ3v) is 13.8. The van der Waals surface area contributed by atoms with Gasteiger partial charge in [0, 0.05) is 61.8 Å². The van der Waals surface area contributed by atoms with Crippen LogP contribution in [0.2, 0.25) is 0 Å². The van der Waals surface area contributed by atoms with Crippen molar-refractivity contribution in [2.24, 2.45) is 5.73 Å². The first kappa shape index (κ1) is 50.0. The summed E-state index contributed by atoms with van der Waals surface area (Å²) in [5.41, 5.74) is 9.13. The zero-order chi connectivity index (χ0) is 50.1. The number of aromatic nitrogens is 2. The van der Waals surface area contributed by atoms with E-state index in [4.69, 9.17) is 44.1 Å². The molecule has 0 spiro atoms. The molecular weight excluding hydrogens is 929 g/mol. The standard InChI is InChI=1S/C51H60N10O11/c1-57-30-37(71-26-24-69-22-20-67-19-21-68-23-25-70-36-9-10-39-41(28-36)49(65)61(48(39)64)44-11-12-45(62)55-47(44)63)27-35(57)32-72-51-54-42-31-58(43-8-4-6-33-5-2-3-7-38(33)43)16-14-40(42)46(56-51)59-17-18-60(50(53)66)34(29-59)13-15-52/h2-10,28,34-35,37,44H,11-14,16-27,29-32H2,1H3,(H2,53,66)(H,55,62,63)/t34-,35-,37+,44?/m0/s1. The number of fused-ring (bicyclic) bond motifs is 3. The molecule has 4 aromatic rings. The molecule has 9 rings (SSSR count). The number of carbonyl (C=O) groups is 5. The normalized spacial score (nSPS) is 21.2. The molecule has 5 aliphatic heterocycles. The number of piperazine rings is 1. The van der Waals surface area contributed by atoms with E-state index in [0.29, 0.717) is 84.2 Å². The number of hydrogen-bond donors (Lipinski definition) is 2. The van der Waals surface area contributed by atoms with E-state index in [-0.39, 0.29) is 61.8 Å². The Hall–Kier alpha value is -6.96. The van der Waals surface area contributed by atoms with E-state index in [1.807, 2.05) is 6.07 Å². The molecule has 3 aromatic carbocycles. The number of nitrogens with two attached hydrogens (primary N) is 1. The number of rotatable bonds is 21. The number of likely N-dealkylation sites (tertiary alicyclic amines) is 1. The highest BCUT2D eigenvalue weighted by atomic mass is 16.6. The number of primary amides is 1. The lowest BCUT2D eigenvalue weighted by molar-refractivity contribution is -0.136. The van der Waals surface area contributed by atoms with E-state index in [1.54, 1.807) is 11.0 Å². The number of piperidine rings is 1. The van der Waals surface area contributed by atoms with Crippen molar-refractivity contribution >= 4 is 51.9 Å². The zero-order valence-corrected chi connectivity index (χ0v) is 40.4. The van der Waals surface area contributed by atoms with Crippen LogP contribution in [0.25, 0.3) is 10.8 Å². The first-order valence-corrected chi connectivity index (χ1v) is 24.5. The van der Waals surface area contributed by atoms with Crippen LogP contribution >= 0.6 is 0 Å². The molecule has 3 saturated heterocycles. The van der Waals surface area contributed by atoms with E-state index >= 15 is 0 Å². The third-order valence-electron chi connectivity index (χ3n) is 13.8. The summed E-state index contributed by atoms with van der Waals surface area (Å²) in [6.45, 7) is 6.61. The smallest absolute Gasteiger partial charge is 0.318 e. The fourth-order valence-corrected chi connectivity index (χ4v) is 10.1. The van der Waals surface area contributed by atoms with Gasteiger partial charge in [0.2, 0.25) is 11.8 Å². The summed E-state index contributed by atoms with van der Waals surface area (Å²) in [6, 6.07) is 20.0. The quantitative estimate of drug-likeness (QED) is 0.0900. The highest BCUT2D eigenvalue weighted by Gasteiger charge is 2.45. The second kappa shape index (κ2) is 23.1. The molecule has 0 saturated carbocycles. The zero-order valence-electron chi connectivity index (χ0n) is 40.4. The average molecular weight is 989 g/mol. The molecule has 6 heterocycles. The Labute approximate surface area is 417 Å². The number of imide groups is 2. The molecule has 0 bridgehead atoms. The van der Waals surface area contributed by atoms with Crippen LogP contribution in [0, 0.1) is 11.3 Å². The van der Waals surface area contributed by atoms with Crippen molar-refractivity contribution in [1.82, 2.24) is 30.0 Å². The number of likely N-dealkylation sites (N-methyl/N-ethyl adjacent to an activating group) is 1. The van der Waals surface area contributed by atoms with Crippen molar-refractivity contribution in [3.05, 3.63) is 83.0 Å². The van der Waals surface area contributed by atoms with Crippen molar-refractivity contribution in [1.29, 1.82) is 5.26 Å². The van der Waals surface area contributed by atoms with Gasteiger partial charge in [0.25, 0.3) is 11.8 Å². The topological polar surface area (TPSA) is 245 Å². The number of carbonyl (C=O) groups excluding carboxylic acids is 5. The first-order chi connectivity index (χ1) is 35.1. The van der Waals surface area contributed by atoms with Crippen molar-refractivity contribution in [3.8, 4) is 17.8 Å². The summed E-state index contributed by atoms with van der Waals surface area (Å²) >= 11 is 0. The third kappa shape index (κ3) is 11.4. The van der Waals surface area contributed by atoms with Crippen LogP contribution in [0.5, 0.6) is 11.8 Å². The van der Waals surface area contributed by atoms with Gasteiger partial charge in [-0.05, 0) is 56.0 Å². The van der Waals surface area contributed by atoms with Gasteiger partial charge in [0.15, 0.2) is 0 Å². The maximum Gasteiger partial charge on any atom is 0.318 e. The van der Waals surface area contributed by atoms with Crippen molar-refractivity contribution < 1.29 is 52.4 Å². The predicted molar refractivity (Wildman–Crippen MR) is 261 cm³/mol. The minimum absolute atomic E-state index is 0.00204. The number of amides is 6. The summed E-state index contributed by atoms with van der Waals surface area (Å²) in [4.78, 5) is 81.4. The maximum absolute atomic E-state index is 13.1. The fraction of sp³-hybridized carbons (Fsp3) is 0.490. The Bertz CT molecular complexity index is 2700. The van der Waals surface area contributed by atoms with E-state index in [0.717, 1.165) is 53.6 Å². The van der Waals surface area contributed by atoms with Crippen LogP contribution in [-0.2, 0) is 41.5 Å². The Morgan fingerprint density at radius 2 is 1.56 bits per heavy atom. The molecule has 5 aliphatic rings. The van der Waals surface area contributed by atoms with Crippen molar-refractivity contribution in [3.63, 3.8) is 0 Å². The number of ether oxygens (including phenoxy) is 6. The van der Waals surface area contributed by atoms with E-state index < -0.39 is 35.7 Å². The van der Waals surface area contributed by atoms with Gasteiger partial charge in [-0.25, -0.2) is 4.79 Å². The van der Waals surface area contributed by atoms with Crippen LogP contribution in [0.4, 0.5) is 16.3 Å². The van der Waals surface area contributed by atoms with Gasteiger partial charge in [0.1, 0.15) is 30.8 Å². The summed E-state index contributed by atoms with van der Waals surface area (Å²) < 4.78 is 35.4. The van der Waals surface area contributed by atoms with Gasteiger partial charge in [-0.1, -0.05) is 36.4 Å². The molecule has 380 valence electrons. The predicted octanol–water partition coefficient (Wildman–Crippen LogP) is 2.67.